The van der Waals surface area contributed by atoms with Crippen molar-refractivity contribution < 1.29 is 19.0 Å². The van der Waals surface area contributed by atoms with Gasteiger partial charge in [-0.15, -0.1) is 0 Å². The Labute approximate surface area is 185 Å². The Bertz CT molecular complexity index is 1130. The molecular weight excluding hydrogens is 414 g/mol. The molecule has 0 atom stereocenters. The lowest BCUT2D eigenvalue weighted by atomic mass is 10.1. The maximum absolute atomic E-state index is 12.4. The van der Waals surface area contributed by atoms with E-state index in [1.807, 2.05) is 24.3 Å². The molecule has 7 nitrogen and oxygen atoms in total. The second-order valence-electron chi connectivity index (χ2n) is 6.27. The molecule has 0 spiro atoms. The van der Waals surface area contributed by atoms with Crippen LogP contribution in [0.4, 0.5) is 5.69 Å². The second-order valence-corrected chi connectivity index (χ2v) is 7.23. The molecule has 0 fully saturated rings. The van der Waals surface area contributed by atoms with Crippen molar-refractivity contribution in [1.29, 1.82) is 5.26 Å². The van der Waals surface area contributed by atoms with Gasteiger partial charge in [-0.1, -0.05) is 23.9 Å². The van der Waals surface area contributed by atoms with E-state index in [0.29, 0.717) is 39.2 Å². The van der Waals surface area contributed by atoms with Gasteiger partial charge < -0.3 is 19.5 Å². The Hall–Kier alpha value is -3.70. The SMILES string of the molecule is COc1ccccc1NC(=O)CSc1nc(-c2ccc(OC)c(OC)c2)ccc1C#N. The fourth-order valence-electron chi connectivity index (χ4n) is 2.86. The third-order valence-electron chi connectivity index (χ3n) is 4.38. The van der Waals surface area contributed by atoms with Crippen molar-refractivity contribution in [2.75, 3.05) is 32.4 Å². The van der Waals surface area contributed by atoms with Crippen molar-refractivity contribution in [3.8, 4) is 34.6 Å². The van der Waals surface area contributed by atoms with Gasteiger partial charge in [-0.3, -0.25) is 4.79 Å². The van der Waals surface area contributed by atoms with Crippen molar-refractivity contribution >= 4 is 23.4 Å². The topological polar surface area (TPSA) is 93.5 Å². The summed E-state index contributed by atoms with van der Waals surface area (Å²) in [5.74, 6) is 1.64. The smallest absolute Gasteiger partial charge is 0.234 e. The molecule has 0 aliphatic rings. The first-order chi connectivity index (χ1) is 15.1. The van der Waals surface area contributed by atoms with E-state index in [-0.39, 0.29) is 11.7 Å². The van der Waals surface area contributed by atoms with Crippen molar-refractivity contribution in [1.82, 2.24) is 4.98 Å². The maximum atomic E-state index is 12.4. The Balaban J connectivity index is 1.78. The zero-order valence-electron chi connectivity index (χ0n) is 17.3. The van der Waals surface area contributed by atoms with E-state index in [4.69, 9.17) is 14.2 Å². The Morgan fingerprint density at radius 2 is 1.74 bits per heavy atom. The number of ether oxygens (including phenoxy) is 3. The minimum absolute atomic E-state index is 0.0924. The van der Waals surface area contributed by atoms with Crippen LogP contribution in [0.1, 0.15) is 5.56 Å². The molecule has 0 saturated carbocycles. The average molecular weight is 436 g/mol. The van der Waals surface area contributed by atoms with Crippen LogP contribution >= 0.6 is 11.8 Å². The summed E-state index contributed by atoms with van der Waals surface area (Å²) >= 11 is 1.20. The fraction of sp³-hybridized carbons (Fsp3) is 0.174. The molecule has 8 heteroatoms. The summed E-state index contributed by atoms with van der Waals surface area (Å²) < 4.78 is 15.9. The highest BCUT2D eigenvalue weighted by Crippen LogP contribution is 2.33. The summed E-state index contributed by atoms with van der Waals surface area (Å²) in [6.45, 7) is 0. The molecule has 31 heavy (non-hydrogen) atoms. The molecule has 1 N–H and O–H groups in total. The number of nitriles is 1. The highest BCUT2D eigenvalue weighted by molar-refractivity contribution is 8.00. The molecule has 0 aliphatic heterocycles. The summed E-state index contributed by atoms with van der Waals surface area (Å²) in [5, 5.41) is 12.7. The number of benzene rings is 2. The van der Waals surface area contributed by atoms with Gasteiger partial charge in [0.25, 0.3) is 0 Å². The number of amides is 1. The van der Waals surface area contributed by atoms with Gasteiger partial charge in [-0.2, -0.15) is 5.26 Å². The molecule has 1 aromatic heterocycles. The van der Waals surface area contributed by atoms with Crippen LogP contribution in [0.3, 0.4) is 0 Å². The van der Waals surface area contributed by atoms with Gasteiger partial charge in [0.1, 0.15) is 16.8 Å². The molecule has 0 radical (unpaired) electrons. The van der Waals surface area contributed by atoms with Crippen LogP contribution in [-0.2, 0) is 4.79 Å². The van der Waals surface area contributed by atoms with E-state index in [1.165, 1.54) is 11.8 Å². The van der Waals surface area contributed by atoms with Crippen LogP contribution < -0.4 is 19.5 Å². The number of anilines is 1. The molecule has 0 aliphatic carbocycles. The highest BCUT2D eigenvalue weighted by atomic mass is 32.2. The number of aromatic nitrogens is 1. The van der Waals surface area contributed by atoms with Gasteiger partial charge in [-0.05, 0) is 42.5 Å². The first kappa shape index (κ1) is 22.0. The van der Waals surface area contributed by atoms with Crippen molar-refractivity contribution in [3.05, 3.63) is 60.2 Å². The molecule has 3 rings (SSSR count). The molecule has 3 aromatic rings. The van der Waals surface area contributed by atoms with Gasteiger partial charge in [0.05, 0.1) is 44.0 Å². The molecule has 2 aromatic carbocycles. The third-order valence-corrected chi connectivity index (χ3v) is 5.37. The van der Waals surface area contributed by atoms with Gasteiger partial charge >= 0.3 is 0 Å². The summed E-state index contributed by atoms with van der Waals surface area (Å²) in [6.07, 6.45) is 0. The second kappa shape index (κ2) is 10.4. The van der Waals surface area contributed by atoms with Crippen molar-refractivity contribution in [2.45, 2.75) is 5.03 Å². The van der Waals surface area contributed by atoms with E-state index in [9.17, 15) is 10.1 Å². The number of methoxy groups -OCH3 is 3. The largest absolute Gasteiger partial charge is 0.495 e. The summed E-state index contributed by atoms with van der Waals surface area (Å²) in [5.41, 5.74) is 2.46. The van der Waals surface area contributed by atoms with Gasteiger partial charge in [0.2, 0.25) is 5.91 Å². The van der Waals surface area contributed by atoms with Crippen LogP contribution in [0.15, 0.2) is 59.6 Å². The monoisotopic (exact) mass is 435 g/mol. The molecule has 158 valence electrons. The van der Waals surface area contributed by atoms with Crippen LogP contribution in [0.25, 0.3) is 11.3 Å². The third kappa shape index (κ3) is 5.27. The number of rotatable bonds is 8. The number of hydrogen-bond acceptors (Lipinski definition) is 7. The number of carbonyl (C=O) groups excluding carboxylic acids is 1. The molecular formula is C23H21N3O4S. The minimum Gasteiger partial charge on any atom is -0.495 e. The zero-order valence-corrected chi connectivity index (χ0v) is 18.2. The molecule has 1 heterocycles. The summed E-state index contributed by atoms with van der Waals surface area (Å²) in [6, 6.07) is 18.2. The van der Waals surface area contributed by atoms with E-state index in [0.717, 1.165) is 5.56 Å². The zero-order chi connectivity index (χ0) is 22.2. The lowest BCUT2D eigenvalue weighted by Gasteiger charge is -2.11. The molecule has 0 bridgehead atoms. The number of carbonyl (C=O) groups is 1. The lowest BCUT2D eigenvalue weighted by molar-refractivity contribution is -0.113. The lowest BCUT2D eigenvalue weighted by Crippen LogP contribution is -2.15. The van der Waals surface area contributed by atoms with Crippen molar-refractivity contribution in [3.63, 3.8) is 0 Å². The van der Waals surface area contributed by atoms with Crippen LogP contribution in [0, 0.1) is 11.3 Å². The molecule has 0 unspecified atom stereocenters. The fourth-order valence-corrected chi connectivity index (χ4v) is 3.63. The number of nitrogens with zero attached hydrogens (tertiary/aromatic N) is 2. The average Bonchev–Trinajstić information content (AvgIpc) is 2.82. The molecule has 1 amide bonds. The Morgan fingerprint density at radius 1 is 1.00 bits per heavy atom. The minimum atomic E-state index is -0.225. The number of para-hydroxylation sites is 2. The highest BCUT2D eigenvalue weighted by Gasteiger charge is 2.13. The standard InChI is InChI=1S/C23H21N3O4S/c1-28-19-7-5-4-6-18(19)25-22(27)14-31-23-16(13-24)8-10-17(26-23)15-9-11-20(29-2)21(12-15)30-3/h4-12H,14H2,1-3H3,(H,25,27). The van der Waals surface area contributed by atoms with Crippen LogP contribution in [0.2, 0.25) is 0 Å². The molecule has 0 saturated heterocycles. The summed E-state index contributed by atoms with van der Waals surface area (Å²) in [4.78, 5) is 17.0. The predicted molar refractivity (Wildman–Crippen MR) is 120 cm³/mol. The normalized spacial score (nSPS) is 10.1. The van der Waals surface area contributed by atoms with E-state index >= 15 is 0 Å². The number of hydrogen-bond donors (Lipinski definition) is 1. The van der Waals surface area contributed by atoms with Crippen LogP contribution in [0.5, 0.6) is 17.2 Å². The maximum Gasteiger partial charge on any atom is 0.234 e. The van der Waals surface area contributed by atoms with E-state index < -0.39 is 0 Å². The summed E-state index contributed by atoms with van der Waals surface area (Å²) in [7, 11) is 4.68. The predicted octanol–water partition coefficient (Wildman–Crippen LogP) is 4.38. The number of pyridine rings is 1. The van der Waals surface area contributed by atoms with Crippen molar-refractivity contribution in [2.24, 2.45) is 0 Å². The van der Waals surface area contributed by atoms with Gasteiger partial charge in [-0.25, -0.2) is 4.98 Å². The number of thioether (sulfide) groups is 1. The van der Waals surface area contributed by atoms with E-state index in [2.05, 4.69) is 16.4 Å². The van der Waals surface area contributed by atoms with Gasteiger partial charge in [0.15, 0.2) is 11.5 Å². The van der Waals surface area contributed by atoms with Crippen LogP contribution in [-0.4, -0.2) is 38.0 Å². The Kier molecular flexibility index (Phi) is 7.35. The quantitative estimate of drug-likeness (QED) is 0.525. The number of nitrogens with one attached hydrogen (secondary N) is 1. The van der Waals surface area contributed by atoms with E-state index in [1.54, 1.807) is 51.7 Å². The first-order valence-corrected chi connectivity index (χ1v) is 10.3. The first-order valence-electron chi connectivity index (χ1n) is 9.28. The Morgan fingerprint density at radius 3 is 2.45 bits per heavy atom. The van der Waals surface area contributed by atoms with Gasteiger partial charge in [0, 0.05) is 5.56 Å².